The van der Waals surface area contributed by atoms with Gasteiger partial charge in [0, 0.05) is 5.54 Å². The third-order valence-corrected chi connectivity index (χ3v) is 2.85. The summed E-state index contributed by atoms with van der Waals surface area (Å²) in [6.07, 6.45) is 0. The molecule has 1 aromatic carbocycles. The summed E-state index contributed by atoms with van der Waals surface area (Å²) >= 11 is 0. The van der Waals surface area contributed by atoms with Crippen LogP contribution in [0.5, 0.6) is 5.75 Å². The van der Waals surface area contributed by atoms with Gasteiger partial charge < -0.3 is 14.8 Å². The van der Waals surface area contributed by atoms with E-state index in [9.17, 15) is 0 Å². The Bertz CT molecular complexity index is 359. The van der Waals surface area contributed by atoms with E-state index in [2.05, 4.69) is 38.2 Å². The van der Waals surface area contributed by atoms with Crippen molar-refractivity contribution >= 4 is 0 Å². The number of nitrogens with one attached hydrogen (secondary N) is 1. The van der Waals surface area contributed by atoms with Gasteiger partial charge in [-0.1, -0.05) is 17.7 Å². The first-order valence-electron chi connectivity index (χ1n) is 6.10. The van der Waals surface area contributed by atoms with Crippen molar-refractivity contribution in [3.8, 4) is 5.75 Å². The van der Waals surface area contributed by atoms with Crippen LogP contribution in [0.4, 0.5) is 0 Å². The minimum Gasteiger partial charge on any atom is -0.492 e. The normalized spacial score (nSPS) is 23.4. The highest BCUT2D eigenvalue weighted by Gasteiger charge is 2.27. The van der Waals surface area contributed by atoms with Crippen molar-refractivity contribution in [3.05, 3.63) is 29.8 Å². The van der Waals surface area contributed by atoms with Crippen LogP contribution in [0.25, 0.3) is 0 Å². The number of aryl methyl sites for hydroxylation is 1. The van der Waals surface area contributed by atoms with E-state index < -0.39 is 0 Å². The molecule has 0 aromatic heterocycles. The van der Waals surface area contributed by atoms with Crippen LogP contribution in [-0.2, 0) is 4.74 Å². The van der Waals surface area contributed by atoms with E-state index >= 15 is 0 Å². The van der Waals surface area contributed by atoms with Gasteiger partial charge in [-0.15, -0.1) is 0 Å². The fourth-order valence-corrected chi connectivity index (χ4v) is 2.01. The molecule has 0 bridgehead atoms. The Kier molecular flexibility index (Phi) is 3.69. The Hall–Kier alpha value is -1.06. The molecule has 3 nitrogen and oxygen atoms in total. The van der Waals surface area contributed by atoms with Gasteiger partial charge in [-0.25, -0.2) is 0 Å². The molecule has 1 fully saturated rings. The fourth-order valence-electron chi connectivity index (χ4n) is 2.01. The van der Waals surface area contributed by atoms with Crippen LogP contribution in [0.1, 0.15) is 19.4 Å². The van der Waals surface area contributed by atoms with Crippen LogP contribution in [-0.4, -0.2) is 31.4 Å². The minimum atomic E-state index is 0.0412. The molecule has 1 aliphatic heterocycles. The molecule has 17 heavy (non-hydrogen) atoms. The first-order chi connectivity index (χ1) is 8.05. The lowest BCUT2D eigenvalue weighted by Crippen LogP contribution is -2.57. The van der Waals surface area contributed by atoms with Gasteiger partial charge in [-0.2, -0.15) is 0 Å². The minimum absolute atomic E-state index is 0.0412. The maximum absolute atomic E-state index is 5.75. The molecule has 94 valence electrons. The van der Waals surface area contributed by atoms with Crippen LogP contribution in [0.2, 0.25) is 0 Å². The second-order valence-electron chi connectivity index (χ2n) is 5.36. The van der Waals surface area contributed by atoms with Gasteiger partial charge in [0.25, 0.3) is 0 Å². The summed E-state index contributed by atoms with van der Waals surface area (Å²) in [6.45, 7) is 8.48. The highest BCUT2D eigenvalue weighted by Crippen LogP contribution is 2.14. The summed E-state index contributed by atoms with van der Waals surface area (Å²) < 4.78 is 11.3. The second kappa shape index (κ2) is 5.07. The molecule has 1 atom stereocenters. The van der Waals surface area contributed by atoms with Gasteiger partial charge in [0.05, 0.1) is 19.3 Å². The third-order valence-electron chi connectivity index (χ3n) is 2.85. The van der Waals surface area contributed by atoms with Crippen LogP contribution >= 0.6 is 0 Å². The van der Waals surface area contributed by atoms with E-state index in [0.29, 0.717) is 6.61 Å². The highest BCUT2D eigenvalue weighted by atomic mass is 16.5. The van der Waals surface area contributed by atoms with Crippen molar-refractivity contribution in [2.75, 3.05) is 19.8 Å². The number of benzene rings is 1. The first kappa shape index (κ1) is 12.4. The van der Waals surface area contributed by atoms with Crippen LogP contribution in [0.15, 0.2) is 24.3 Å². The van der Waals surface area contributed by atoms with Gasteiger partial charge in [0.1, 0.15) is 12.4 Å². The summed E-state index contributed by atoms with van der Waals surface area (Å²) in [5.41, 5.74) is 1.29. The molecule has 0 radical (unpaired) electrons. The van der Waals surface area contributed by atoms with Gasteiger partial charge in [0.2, 0.25) is 0 Å². The molecule has 1 unspecified atom stereocenters. The molecule has 1 aromatic rings. The van der Waals surface area contributed by atoms with Crippen LogP contribution in [0.3, 0.4) is 0 Å². The SMILES string of the molecule is Cc1ccc(OCC2COCC(C)(C)N2)cc1. The average molecular weight is 235 g/mol. The molecule has 3 heteroatoms. The molecule has 1 saturated heterocycles. The predicted molar refractivity (Wildman–Crippen MR) is 68.5 cm³/mol. The van der Waals surface area contributed by atoms with E-state index in [1.165, 1.54) is 5.56 Å². The lowest BCUT2D eigenvalue weighted by Gasteiger charge is -2.36. The Morgan fingerprint density at radius 2 is 2.06 bits per heavy atom. The van der Waals surface area contributed by atoms with Crippen molar-refractivity contribution in [2.24, 2.45) is 0 Å². The zero-order valence-corrected chi connectivity index (χ0v) is 10.8. The predicted octanol–water partition coefficient (Wildman–Crippen LogP) is 2.14. The number of hydrogen-bond acceptors (Lipinski definition) is 3. The van der Waals surface area contributed by atoms with Gasteiger partial charge in [-0.05, 0) is 32.9 Å². The summed E-state index contributed by atoms with van der Waals surface area (Å²) in [5.74, 6) is 0.917. The van der Waals surface area contributed by atoms with Gasteiger partial charge >= 0.3 is 0 Å². The Morgan fingerprint density at radius 3 is 2.71 bits per heavy atom. The van der Waals surface area contributed by atoms with Crippen LogP contribution in [0, 0.1) is 6.92 Å². The Labute approximate surface area is 103 Å². The molecule has 2 rings (SSSR count). The number of ether oxygens (including phenoxy) is 2. The fraction of sp³-hybridized carbons (Fsp3) is 0.571. The average Bonchev–Trinajstić information content (AvgIpc) is 2.27. The Balaban J connectivity index is 1.84. The van der Waals surface area contributed by atoms with E-state index in [4.69, 9.17) is 9.47 Å². The summed E-state index contributed by atoms with van der Waals surface area (Å²) in [7, 11) is 0. The lowest BCUT2D eigenvalue weighted by atomic mass is 10.0. The molecular weight excluding hydrogens is 214 g/mol. The molecule has 0 aliphatic carbocycles. The zero-order valence-electron chi connectivity index (χ0n) is 10.8. The van der Waals surface area contributed by atoms with E-state index in [0.717, 1.165) is 19.0 Å². The van der Waals surface area contributed by atoms with E-state index in [-0.39, 0.29) is 11.6 Å². The van der Waals surface area contributed by atoms with Crippen molar-refractivity contribution in [2.45, 2.75) is 32.4 Å². The Morgan fingerprint density at radius 1 is 1.35 bits per heavy atom. The second-order valence-corrected chi connectivity index (χ2v) is 5.36. The van der Waals surface area contributed by atoms with Crippen molar-refractivity contribution in [3.63, 3.8) is 0 Å². The maximum atomic E-state index is 5.75. The standard InChI is InChI=1S/C14H21NO2/c1-11-4-6-13(7-5-11)17-9-12-8-16-10-14(2,3)15-12/h4-7,12,15H,8-10H2,1-3H3. The van der Waals surface area contributed by atoms with E-state index in [1.54, 1.807) is 0 Å². The van der Waals surface area contributed by atoms with E-state index in [1.807, 2.05) is 12.1 Å². The lowest BCUT2D eigenvalue weighted by molar-refractivity contribution is 0.000947. The van der Waals surface area contributed by atoms with Gasteiger partial charge in [0.15, 0.2) is 0 Å². The summed E-state index contributed by atoms with van der Waals surface area (Å²) in [4.78, 5) is 0. The summed E-state index contributed by atoms with van der Waals surface area (Å²) in [5, 5.41) is 3.52. The quantitative estimate of drug-likeness (QED) is 0.870. The smallest absolute Gasteiger partial charge is 0.119 e. The molecule has 1 N–H and O–H groups in total. The molecule has 1 aliphatic rings. The van der Waals surface area contributed by atoms with Gasteiger partial charge in [-0.3, -0.25) is 0 Å². The monoisotopic (exact) mass is 235 g/mol. The molecular formula is C14H21NO2. The summed E-state index contributed by atoms with van der Waals surface area (Å²) in [6, 6.07) is 8.39. The molecule has 0 saturated carbocycles. The third kappa shape index (κ3) is 3.72. The topological polar surface area (TPSA) is 30.5 Å². The first-order valence-corrected chi connectivity index (χ1v) is 6.10. The zero-order chi connectivity index (χ0) is 12.3. The highest BCUT2D eigenvalue weighted by molar-refractivity contribution is 5.26. The van der Waals surface area contributed by atoms with Crippen molar-refractivity contribution in [1.82, 2.24) is 5.32 Å². The number of morpholine rings is 1. The maximum Gasteiger partial charge on any atom is 0.119 e. The number of hydrogen-bond donors (Lipinski definition) is 1. The van der Waals surface area contributed by atoms with Crippen molar-refractivity contribution in [1.29, 1.82) is 0 Å². The molecule has 0 amide bonds. The molecule has 1 heterocycles. The number of rotatable bonds is 3. The molecule has 0 spiro atoms. The van der Waals surface area contributed by atoms with Crippen molar-refractivity contribution < 1.29 is 9.47 Å². The van der Waals surface area contributed by atoms with Crippen LogP contribution < -0.4 is 10.1 Å². The largest absolute Gasteiger partial charge is 0.492 e.